The van der Waals surface area contributed by atoms with Crippen LogP contribution in [0.3, 0.4) is 0 Å². The smallest absolute Gasteiger partial charge is 0.335 e. The molecule has 3 saturated heterocycles. The number of fused-ring (bicyclic) bond motifs is 6. The number of rotatable bonds is 1. The highest BCUT2D eigenvalue weighted by molar-refractivity contribution is 5.91. The van der Waals surface area contributed by atoms with Crippen LogP contribution in [0.4, 0.5) is 0 Å². The van der Waals surface area contributed by atoms with Gasteiger partial charge in [0.05, 0.1) is 44.1 Å². The number of cyclic esters (lactones) is 2. The van der Waals surface area contributed by atoms with Crippen molar-refractivity contribution >= 4 is 17.9 Å². The Balaban J connectivity index is 1.49. The van der Waals surface area contributed by atoms with Gasteiger partial charge in [-0.05, 0) is 19.3 Å². The average molecular weight is 521 g/mol. The Morgan fingerprint density at radius 3 is 2.32 bits per heavy atom. The molecule has 4 heterocycles. The van der Waals surface area contributed by atoms with Gasteiger partial charge in [0.2, 0.25) is 0 Å². The molecule has 10 nitrogen and oxygen atoms in total. The van der Waals surface area contributed by atoms with Gasteiger partial charge >= 0.3 is 17.9 Å². The lowest BCUT2D eigenvalue weighted by Crippen LogP contribution is -2.40. The van der Waals surface area contributed by atoms with Gasteiger partial charge in [0, 0.05) is 37.7 Å². The second kappa shape index (κ2) is 11.9. The maximum Gasteiger partial charge on any atom is 0.335 e. The highest BCUT2D eigenvalue weighted by atomic mass is 16.6. The summed E-state index contributed by atoms with van der Waals surface area (Å²) >= 11 is 0. The fourth-order valence-electron chi connectivity index (χ4n) is 5.36. The molecule has 10 heteroatoms. The van der Waals surface area contributed by atoms with E-state index in [1.807, 2.05) is 0 Å². The normalized spacial score (nSPS) is 37.9. The molecule has 0 saturated carbocycles. The van der Waals surface area contributed by atoms with Gasteiger partial charge in [0.1, 0.15) is 6.61 Å². The van der Waals surface area contributed by atoms with Crippen LogP contribution in [0.15, 0.2) is 36.0 Å². The van der Waals surface area contributed by atoms with Crippen molar-refractivity contribution in [1.29, 1.82) is 0 Å². The van der Waals surface area contributed by atoms with E-state index < -0.39 is 42.3 Å². The molecule has 0 spiro atoms. The average Bonchev–Trinajstić information content (AvgIpc) is 3.14. The summed E-state index contributed by atoms with van der Waals surface area (Å²) in [7, 11) is 0. The molecule has 0 aromatic carbocycles. The summed E-state index contributed by atoms with van der Waals surface area (Å²) in [6.07, 6.45) is 2.01. The maximum absolute atomic E-state index is 12.7. The van der Waals surface area contributed by atoms with E-state index in [4.69, 9.17) is 23.7 Å². The molecule has 2 N–H and O–H groups in total. The van der Waals surface area contributed by atoms with Crippen LogP contribution in [-0.2, 0) is 38.1 Å². The lowest BCUT2D eigenvalue weighted by Gasteiger charge is -2.37. The van der Waals surface area contributed by atoms with Crippen molar-refractivity contribution < 1.29 is 48.3 Å². The molecule has 0 aliphatic carbocycles. The summed E-state index contributed by atoms with van der Waals surface area (Å²) in [5.74, 6) is -1.79. The van der Waals surface area contributed by atoms with E-state index in [2.05, 4.69) is 13.2 Å². The molecule has 204 valence electrons. The molecule has 0 unspecified atom stereocenters. The van der Waals surface area contributed by atoms with Crippen molar-refractivity contribution in [3.05, 3.63) is 36.0 Å². The predicted octanol–water partition coefficient (Wildman–Crippen LogP) is 1.82. The fraction of sp³-hybridized carbons (Fsp3) is 0.667. The number of carbonyl (C=O) groups is 3. The van der Waals surface area contributed by atoms with Gasteiger partial charge in [-0.2, -0.15) is 0 Å². The van der Waals surface area contributed by atoms with Gasteiger partial charge < -0.3 is 33.9 Å². The molecular formula is C27H36O10. The standard InChI is InChI=1S/C27H36O10/c1-16-6-20-10-19(29)11-24(30)34-15-27(14-28)13-18(25(31)37-27)4-3-5-33-26(32)23-9-17(2)8-22(36-23)12-21(7-16)35-20/h4,19-23,28-29H,1-3,5-15H2/b18-4-/t19-,20+,21-,22+,23-,27-/m1/s1. The van der Waals surface area contributed by atoms with Gasteiger partial charge in [0.25, 0.3) is 0 Å². The molecule has 4 rings (SSSR count). The van der Waals surface area contributed by atoms with Crippen molar-refractivity contribution in [2.75, 3.05) is 19.8 Å². The summed E-state index contributed by atoms with van der Waals surface area (Å²) in [5, 5.41) is 20.4. The summed E-state index contributed by atoms with van der Waals surface area (Å²) < 4.78 is 28.3. The molecule has 3 fully saturated rings. The van der Waals surface area contributed by atoms with E-state index in [0.29, 0.717) is 37.7 Å². The Kier molecular flexibility index (Phi) is 8.84. The lowest BCUT2D eigenvalue weighted by molar-refractivity contribution is -0.168. The Labute approximate surface area is 216 Å². The van der Waals surface area contributed by atoms with E-state index in [1.54, 1.807) is 6.08 Å². The quantitative estimate of drug-likeness (QED) is 0.299. The molecular weight excluding hydrogens is 484 g/mol. The molecule has 4 aliphatic rings. The van der Waals surface area contributed by atoms with E-state index in [1.165, 1.54) is 0 Å². The third-order valence-corrected chi connectivity index (χ3v) is 7.11. The number of aliphatic hydroxyl groups excluding tert-OH is 2. The second-order valence-electron chi connectivity index (χ2n) is 10.5. The zero-order chi connectivity index (χ0) is 26.6. The summed E-state index contributed by atoms with van der Waals surface area (Å²) in [6.45, 7) is 7.35. The number of esters is 3. The van der Waals surface area contributed by atoms with Crippen LogP contribution < -0.4 is 0 Å². The Morgan fingerprint density at radius 2 is 1.59 bits per heavy atom. The molecule has 4 aliphatic heterocycles. The fourth-order valence-corrected chi connectivity index (χ4v) is 5.36. The predicted molar refractivity (Wildman–Crippen MR) is 129 cm³/mol. The van der Waals surface area contributed by atoms with Crippen molar-refractivity contribution in [2.24, 2.45) is 0 Å². The van der Waals surface area contributed by atoms with E-state index in [9.17, 15) is 24.6 Å². The third kappa shape index (κ3) is 7.28. The van der Waals surface area contributed by atoms with Crippen molar-refractivity contribution in [3.63, 3.8) is 0 Å². The monoisotopic (exact) mass is 520 g/mol. The number of hydrogen-bond donors (Lipinski definition) is 2. The van der Waals surface area contributed by atoms with Crippen LogP contribution in [-0.4, -0.2) is 84.1 Å². The van der Waals surface area contributed by atoms with Crippen LogP contribution in [0.25, 0.3) is 0 Å². The topological polar surface area (TPSA) is 138 Å². The minimum absolute atomic E-state index is 0.0404. The first-order valence-corrected chi connectivity index (χ1v) is 12.8. The molecule has 37 heavy (non-hydrogen) atoms. The number of ether oxygens (including phenoxy) is 5. The van der Waals surface area contributed by atoms with E-state index in [0.717, 1.165) is 11.1 Å². The van der Waals surface area contributed by atoms with Crippen molar-refractivity contribution in [2.45, 2.75) is 93.9 Å². The summed E-state index contributed by atoms with van der Waals surface area (Å²) in [5.41, 5.74) is 0.796. The van der Waals surface area contributed by atoms with Gasteiger partial charge in [0.15, 0.2) is 11.7 Å². The summed E-state index contributed by atoms with van der Waals surface area (Å²) in [4.78, 5) is 37.4. The van der Waals surface area contributed by atoms with Crippen LogP contribution in [0.1, 0.15) is 57.8 Å². The highest BCUT2D eigenvalue weighted by Crippen LogP contribution is 2.34. The molecule has 6 atom stereocenters. The van der Waals surface area contributed by atoms with Crippen molar-refractivity contribution in [1.82, 2.24) is 0 Å². The molecule has 0 aromatic heterocycles. The van der Waals surface area contributed by atoms with Crippen LogP contribution in [0.5, 0.6) is 0 Å². The number of aliphatic hydroxyl groups is 2. The van der Waals surface area contributed by atoms with Gasteiger partial charge in [-0.3, -0.25) is 4.79 Å². The van der Waals surface area contributed by atoms with E-state index >= 15 is 0 Å². The first-order valence-electron chi connectivity index (χ1n) is 12.8. The first kappa shape index (κ1) is 27.5. The Morgan fingerprint density at radius 1 is 0.919 bits per heavy atom. The van der Waals surface area contributed by atoms with Crippen LogP contribution in [0, 0.1) is 0 Å². The Bertz CT molecular complexity index is 955. The van der Waals surface area contributed by atoms with Crippen LogP contribution in [0.2, 0.25) is 0 Å². The van der Waals surface area contributed by atoms with Gasteiger partial charge in [-0.15, -0.1) is 0 Å². The second-order valence-corrected chi connectivity index (χ2v) is 10.5. The Hall–Kier alpha value is -2.53. The largest absolute Gasteiger partial charge is 0.463 e. The number of hydrogen-bond acceptors (Lipinski definition) is 10. The SMILES string of the molecule is C=C1C[C@@H]2C[C@@H]3CC(=C)C[C@@H](O3)C(=O)OCC/C=C3/C[C@@](CO)(COC(=O)C[C@H](O)C[C@H](C1)O2)OC3=O. The van der Waals surface area contributed by atoms with Gasteiger partial charge in [-0.25, -0.2) is 9.59 Å². The molecule has 0 amide bonds. The summed E-state index contributed by atoms with van der Waals surface area (Å²) in [6, 6.07) is 0. The molecule has 6 bridgehead atoms. The minimum atomic E-state index is -1.39. The molecule has 0 aromatic rings. The van der Waals surface area contributed by atoms with Crippen molar-refractivity contribution in [3.8, 4) is 0 Å². The molecule has 0 radical (unpaired) electrons. The zero-order valence-electron chi connectivity index (χ0n) is 21.0. The lowest BCUT2D eigenvalue weighted by atomic mass is 9.90. The van der Waals surface area contributed by atoms with E-state index in [-0.39, 0.29) is 57.2 Å². The number of carbonyl (C=O) groups excluding carboxylic acids is 3. The van der Waals surface area contributed by atoms with Gasteiger partial charge in [-0.1, -0.05) is 30.4 Å². The zero-order valence-corrected chi connectivity index (χ0v) is 21.0. The first-order chi connectivity index (χ1) is 17.6. The minimum Gasteiger partial charge on any atom is -0.463 e. The third-order valence-electron chi connectivity index (χ3n) is 7.11. The maximum atomic E-state index is 12.7. The van der Waals surface area contributed by atoms with Crippen LogP contribution >= 0.6 is 0 Å². The highest BCUT2D eigenvalue weighted by Gasteiger charge is 2.44.